The normalized spacial score (nSPS) is 19.9. The maximum atomic E-state index is 13.0. The molecule has 0 saturated carbocycles. The van der Waals surface area contributed by atoms with Crippen LogP contribution in [0.25, 0.3) is 20.8 Å². The van der Waals surface area contributed by atoms with E-state index in [1.165, 1.54) is 11.3 Å². The summed E-state index contributed by atoms with van der Waals surface area (Å²) in [4.78, 5) is 27.6. The number of hydrogen-bond acceptors (Lipinski definition) is 7. The largest absolute Gasteiger partial charge is 0.365 e. The highest BCUT2D eigenvalue weighted by atomic mass is 32.1. The van der Waals surface area contributed by atoms with Gasteiger partial charge in [0.2, 0.25) is 5.95 Å². The Morgan fingerprint density at radius 2 is 2.07 bits per heavy atom. The molecule has 0 aliphatic carbocycles. The maximum Gasteiger partial charge on any atom is 0.264 e. The number of piperidine rings is 1. The molecular weight excluding hydrogens is 360 g/mol. The zero-order valence-electron chi connectivity index (χ0n) is 15.0. The summed E-state index contributed by atoms with van der Waals surface area (Å²) in [7, 11) is 0. The number of hydrogen-bond donors (Lipinski definition) is 3. The first-order valence-corrected chi connectivity index (χ1v) is 10.3. The molecule has 0 amide bonds. The molecule has 2 fully saturated rings. The van der Waals surface area contributed by atoms with Crippen molar-refractivity contribution in [3.05, 3.63) is 34.6 Å². The third-order valence-electron chi connectivity index (χ3n) is 5.21. The molecule has 3 N–H and O–H groups in total. The number of fused-ring (bicyclic) bond motifs is 1. The van der Waals surface area contributed by atoms with Crippen molar-refractivity contribution in [1.82, 2.24) is 20.3 Å². The maximum absolute atomic E-state index is 13.0. The topological polar surface area (TPSA) is 85.9 Å². The van der Waals surface area contributed by atoms with E-state index in [1.54, 1.807) is 0 Å². The summed E-state index contributed by atoms with van der Waals surface area (Å²) in [5.74, 6) is 1.30. The van der Waals surface area contributed by atoms with Gasteiger partial charge >= 0.3 is 0 Å². The minimum atomic E-state index is -0.128. The lowest BCUT2D eigenvalue weighted by atomic mass is 10.1. The van der Waals surface area contributed by atoms with Crippen molar-refractivity contribution in [2.24, 2.45) is 0 Å². The van der Waals surface area contributed by atoms with Crippen LogP contribution in [0.15, 0.2) is 29.1 Å². The van der Waals surface area contributed by atoms with E-state index in [-0.39, 0.29) is 11.6 Å². The molecule has 8 heteroatoms. The van der Waals surface area contributed by atoms with E-state index in [9.17, 15) is 4.79 Å². The van der Waals surface area contributed by atoms with Gasteiger partial charge in [-0.3, -0.25) is 9.78 Å². The van der Waals surface area contributed by atoms with Gasteiger partial charge in [0.25, 0.3) is 5.56 Å². The summed E-state index contributed by atoms with van der Waals surface area (Å²) in [5.41, 5.74) is 1.33. The number of nitrogens with zero attached hydrogens (tertiary/aromatic N) is 3. The molecule has 2 aliphatic rings. The molecule has 7 nitrogen and oxygen atoms in total. The van der Waals surface area contributed by atoms with Crippen molar-refractivity contribution >= 4 is 33.3 Å². The van der Waals surface area contributed by atoms with Crippen LogP contribution in [0.1, 0.15) is 19.3 Å². The molecule has 1 unspecified atom stereocenters. The molecule has 140 valence electrons. The van der Waals surface area contributed by atoms with Gasteiger partial charge < -0.3 is 15.5 Å². The molecule has 2 aromatic heterocycles. The number of nitrogens with one attached hydrogen (secondary N) is 3. The minimum absolute atomic E-state index is 0.128. The van der Waals surface area contributed by atoms with Crippen LogP contribution in [-0.4, -0.2) is 47.2 Å². The Kier molecular flexibility index (Phi) is 4.29. The predicted molar refractivity (Wildman–Crippen MR) is 110 cm³/mol. The second-order valence-electron chi connectivity index (χ2n) is 7.13. The van der Waals surface area contributed by atoms with Gasteiger partial charge in [-0.25, -0.2) is 4.98 Å². The summed E-state index contributed by atoms with van der Waals surface area (Å²) < 4.78 is 1.07. The second kappa shape index (κ2) is 6.94. The van der Waals surface area contributed by atoms with Gasteiger partial charge in [-0.1, -0.05) is 12.1 Å². The van der Waals surface area contributed by atoms with Crippen LogP contribution >= 0.6 is 11.3 Å². The van der Waals surface area contributed by atoms with E-state index in [0.29, 0.717) is 22.3 Å². The molecule has 0 radical (unpaired) electrons. The van der Waals surface area contributed by atoms with Crippen LogP contribution in [0.4, 0.5) is 11.8 Å². The van der Waals surface area contributed by atoms with Crippen LogP contribution in [0.5, 0.6) is 0 Å². The Bertz CT molecular complexity index is 985. The lowest BCUT2D eigenvalue weighted by molar-refractivity contribution is 0.479. The molecular formula is C19H22N6OS. The van der Waals surface area contributed by atoms with Gasteiger partial charge in [-0.2, -0.15) is 4.98 Å². The number of anilines is 2. The van der Waals surface area contributed by atoms with Crippen molar-refractivity contribution < 1.29 is 0 Å². The molecule has 0 spiro atoms. The molecule has 2 aliphatic heterocycles. The summed E-state index contributed by atoms with van der Waals surface area (Å²) in [5, 5.41) is 7.65. The smallest absolute Gasteiger partial charge is 0.264 e. The Hall–Kier alpha value is -2.45. The molecule has 1 atom stereocenters. The highest BCUT2D eigenvalue weighted by Crippen LogP contribution is 2.33. The monoisotopic (exact) mass is 382 g/mol. The van der Waals surface area contributed by atoms with Crippen molar-refractivity contribution in [2.75, 3.05) is 36.4 Å². The number of H-pyrrole nitrogens is 1. The van der Waals surface area contributed by atoms with E-state index in [1.807, 2.05) is 24.3 Å². The van der Waals surface area contributed by atoms with Gasteiger partial charge in [0.15, 0.2) is 0 Å². The molecule has 4 heterocycles. The Morgan fingerprint density at radius 1 is 1.19 bits per heavy atom. The van der Waals surface area contributed by atoms with E-state index in [0.717, 1.165) is 55.7 Å². The lowest BCUT2D eigenvalue weighted by Gasteiger charge is -2.32. The predicted octanol–water partition coefficient (Wildman–Crippen LogP) is 2.42. The number of thiazole rings is 1. The number of para-hydroxylation sites is 1. The minimum Gasteiger partial charge on any atom is -0.365 e. The molecule has 3 aromatic rings. The van der Waals surface area contributed by atoms with Crippen LogP contribution in [0, 0.1) is 0 Å². The van der Waals surface area contributed by atoms with E-state index < -0.39 is 0 Å². The van der Waals surface area contributed by atoms with Gasteiger partial charge in [-0.15, -0.1) is 11.3 Å². The quantitative estimate of drug-likeness (QED) is 0.643. The summed E-state index contributed by atoms with van der Waals surface area (Å²) in [6.07, 6.45) is 3.33. The van der Waals surface area contributed by atoms with Gasteiger partial charge in [0, 0.05) is 25.7 Å². The van der Waals surface area contributed by atoms with Crippen LogP contribution < -0.4 is 21.1 Å². The van der Waals surface area contributed by atoms with Crippen LogP contribution in [-0.2, 0) is 0 Å². The zero-order chi connectivity index (χ0) is 18.2. The van der Waals surface area contributed by atoms with E-state index in [4.69, 9.17) is 9.97 Å². The summed E-state index contributed by atoms with van der Waals surface area (Å²) in [6, 6.07) is 8.24. The van der Waals surface area contributed by atoms with Crippen molar-refractivity contribution in [3.8, 4) is 10.6 Å². The average molecular weight is 382 g/mol. The van der Waals surface area contributed by atoms with Crippen molar-refractivity contribution in [2.45, 2.75) is 25.3 Å². The second-order valence-corrected chi connectivity index (χ2v) is 8.16. The number of rotatable bonds is 4. The third-order valence-corrected chi connectivity index (χ3v) is 6.26. The fourth-order valence-corrected chi connectivity index (χ4v) is 4.60. The lowest BCUT2D eigenvalue weighted by Crippen LogP contribution is -2.41. The first kappa shape index (κ1) is 16.7. The van der Waals surface area contributed by atoms with E-state index >= 15 is 0 Å². The highest BCUT2D eigenvalue weighted by molar-refractivity contribution is 7.21. The van der Waals surface area contributed by atoms with Crippen molar-refractivity contribution in [3.63, 3.8) is 0 Å². The first-order valence-electron chi connectivity index (χ1n) is 9.50. The fraction of sp³-hybridized carbons (Fsp3) is 0.421. The fourth-order valence-electron chi connectivity index (χ4n) is 3.59. The number of aromatic amines is 1. The van der Waals surface area contributed by atoms with Gasteiger partial charge in [0.1, 0.15) is 16.4 Å². The van der Waals surface area contributed by atoms with E-state index in [2.05, 4.69) is 20.5 Å². The van der Waals surface area contributed by atoms with Crippen molar-refractivity contribution in [1.29, 1.82) is 0 Å². The first-order chi connectivity index (χ1) is 13.3. The summed E-state index contributed by atoms with van der Waals surface area (Å²) >= 11 is 1.53. The summed E-state index contributed by atoms with van der Waals surface area (Å²) in [6.45, 7) is 3.80. The van der Waals surface area contributed by atoms with Gasteiger partial charge in [0.05, 0.1) is 10.2 Å². The van der Waals surface area contributed by atoms with Crippen LogP contribution in [0.3, 0.4) is 0 Å². The molecule has 1 aromatic carbocycles. The molecule has 5 rings (SSSR count). The number of benzene rings is 1. The zero-order valence-corrected chi connectivity index (χ0v) is 15.8. The molecule has 2 saturated heterocycles. The number of aromatic nitrogens is 3. The molecule has 27 heavy (non-hydrogen) atoms. The Morgan fingerprint density at radius 3 is 2.81 bits per heavy atom. The molecule has 0 bridgehead atoms. The Labute approximate surface area is 160 Å². The highest BCUT2D eigenvalue weighted by Gasteiger charge is 2.24. The van der Waals surface area contributed by atoms with Gasteiger partial charge in [-0.05, 0) is 37.9 Å². The third kappa shape index (κ3) is 3.19. The van der Waals surface area contributed by atoms with Crippen LogP contribution in [0.2, 0.25) is 0 Å². The Balaban J connectivity index is 1.60. The standard InChI is InChI=1S/C19H22N6OS/c26-17-15(18-22-13-6-1-2-7-14(13)27-18)16(21-12-5-3-8-20-11-12)23-19(24-17)25-9-4-10-25/h1-2,6-7,12,20H,3-5,8-11H2,(H2,21,23,24,26). The average Bonchev–Trinajstić information content (AvgIpc) is 3.04. The SMILES string of the molecule is O=c1[nH]c(N2CCC2)nc(NC2CCCNC2)c1-c1nc2ccccc2s1.